The van der Waals surface area contributed by atoms with E-state index in [-0.39, 0.29) is 10.6 Å². The van der Waals surface area contributed by atoms with Crippen LogP contribution in [-0.4, -0.2) is 19.1 Å². The van der Waals surface area contributed by atoms with E-state index in [9.17, 15) is 13.5 Å². The lowest BCUT2D eigenvalue weighted by atomic mass is 9.68. The fraction of sp³-hybridized carbons (Fsp3) is 0.444. The Morgan fingerprint density at radius 1 is 1.00 bits per heavy atom. The van der Waals surface area contributed by atoms with Crippen LogP contribution in [0.25, 0.3) is 10.8 Å². The maximum Gasteiger partial charge on any atom is 0.301 e. The first-order valence-electron chi connectivity index (χ1n) is 8.16. The van der Waals surface area contributed by atoms with Gasteiger partial charge < -0.3 is 5.11 Å². The van der Waals surface area contributed by atoms with E-state index in [0.29, 0.717) is 5.39 Å². The third kappa shape index (κ3) is 2.52. The van der Waals surface area contributed by atoms with E-state index in [1.54, 1.807) is 18.2 Å². The molecule has 23 heavy (non-hydrogen) atoms. The molecule has 2 bridgehead atoms. The van der Waals surface area contributed by atoms with Crippen molar-refractivity contribution in [1.29, 1.82) is 0 Å². The summed E-state index contributed by atoms with van der Waals surface area (Å²) in [5.41, 5.74) is -0.564. The number of phenolic OH excluding ortho intramolecular Hbond substituents is 1. The largest absolute Gasteiger partial charge is 0.506 e. The predicted molar refractivity (Wildman–Crippen MR) is 87.8 cm³/mol. The zero-order chi connectivity index (χ0) is 16.1. The maximum absolute atomic E-state index is 12.8. The molecule has 4 nitrogen and oxygen atoms in total. The Morgan fingerprint density at radius 2 is 1.65 bits per heavy atom. The summed E-state index contributed by atoms with van der Waals surface area (Å²) in [5, 5.41) is 11.8. The van der Waals surface area contributed by atoms with Crippen LogP contribution in [0.2, 0.25) is 0 Å². The van der Waals surface area contributed by atoms with Gasteiger partial charge in [0, 0.05) is 5.39 Å². The molecule has 0 unspecified atom stereocenters. The first kappa shape index (κ1) is 15.0. The van der Waals surface area contributed by atoms with Crippen molar-refractivity contribution >= 4 is 20.9 Å². The summed E-state index contributed by atoms with van der Waals surface area (Å²) in [7, 11) is -3.98. The number of fused-ring (bicyclic) bond motifs is 4. The highest BCUT2D eigenvalue weighted by Gasteiger charge is 2.45. The Bertz CT molecular complexity index is 835. The number of aromatic hydroxyl groups is 1. The van der Waals surface area contributed by atoms with E-state index in [4.69, 9.17) is 4.18 Å². The Kier molecular flexibility index (Phi) is 3.39. The van der Waals surface area contributed by atoms with Crippen LogP contribution in [0.1, 0.15) is 38.5 Å². The van der Waals surface area contributed by atoms with Crippen molar-refractivity contribution in [1.82, 2.24) is 0 Å². The number of rotatable bonds is 3. The first-order valence-corrected chi connectivity index (χ1v) is 9.56. The summed E-state index contributed by atoms with van der Waals surface area (Å²) in [6, 6.07) is 10.3. The standard InChI is InChI=1S/C18H20O4S/c19-17-15-4-2-1-3-14(15)5-6-16(17)23(20,21)22-18-10-7-13(8-11-18)9-12-18/h1-6,13,19H,7-12H2. The van der Waals surface area contributed by atoms with Gasteiger partial charge >= 0.3 is 10.1 Å². The van der Waals surface area contributed by atoms with Crippen LogP contribution in [0, 0.1) is 5.92 Å². The molecule has 3 aliphatic carbocycles. The molecule has 0 saturated heterocycles. The molecule has 3 saturated carbocycles. The van der Waals surface area contributed by atoms with Gasteiger partial charge in [-0.1, -0.05) is 30.3 Å². The topological polar surface area (TPSA) is 63.6 Å². The molecule has 0 aromatic heterocycles. The van der Waals surface area contributed by atoms with E-state index in [0.717, 1.165) is 49.8 Å². The zero-order valence-corrected chi connectivity index (χ0v) is 13.7. The van der Waals surface area contributed by atoms with Crippen LogP contribution in [0.15, 0.2) is 41.3 Å². The van der Waals surface area contributed by atoms with E-state index in [1.807, 2.05) is 12.1 Å². The highest BCUT2D eigenvalue weighted by molar-refractivity contribution is 7.87. The molecule has 0 amide bonds. The fourth-order valence-corrected chi connectivity index (χ4v) is 5.44. The molecular weight excluding hydrogens is 312 g/mol. The Labute approximate surface area is 136 Å². The second-order valence-electron chi connectivity index (χ2n) is 6.84. The highest BCUT2D eigenvalue weighted by atomic mass is 32.2. The Hall–Kier alpha value is -1.59. The second-order valence-corrected chi connectivity index (χ2v) is 8.35. The average molecular weight is 332 g/mol. The van der Waals surface area contributed by atoms with Crippen molar-refractivity contribution in [2.24, 2.45) is 5.92 Å². The minimum absolute atomic E-state index is 0.127. The summed E-state index contributed by atoms with van der Waals surface area (Å²) < 4.78 is 31.2. The van der Waals surface area contributed by atoms with Crippen LogP contribution in [0.4, 0.5) is 0 Å². The van der Waals surface area contributed by atoms with Gasteiger partial charge in [0.2, 0.25) is 0 Å². The minimum atomic E-state index is -3.98. The van der Waals surface area contributed by atoms with Crippen molar-refractivity contribution < 1.29 is 17.7 Å². The highest BCUT2D eigenvalue weighted by Crippen LogP contribution is 2.48. The molecule has 5 rings (SSSR count). The lowest BCUT2D eigenvalue weighted by molar-refractivity contribution is -0.0273. The van der Waals surface area contributed by atoms with Crippen LogP contribution >= 0.6 is 0 Å². The van der Waals surface area contributed by atoms with Crippen molar-refractivity contribution in [3.05, 3.63) is 36.4 Å². The average Bonchev–Trinajstić information content (AvgIpc) is 2.56. The monoisotopic (exact) mass is 332 g/mol. The molecule has 2 aromatic carbocycles. The number of hydrogen-bond acceptors (Lipinski definition) is 4. The molecule has 0 heterocycles. The SMILES string of the molecule is O=S(=O)(OC12CCC(CC1)CC2)c1ccc2ccccc2c1O. The zero-order valence-electron chi connectivity index (χ0n) is 12.9. The summed E-state index contributed by atoms with van der Waals surface area (Å²) in [6.45, 7) is 0. The molecule has 2 aromatic rings. The van der Waals surface area contributed by atoms with E-state index < -0.39 is 15.7 Å². The van der Waals surface area contributed by atoms with Gasteiger partial charge in [0.15, 0.2) is 0 Å². The van der Waals surface area contributed by atoms with Crippen LogP contribution < -0.4 is 0 Å². The van der Waals surface area contributed by atoms with Gasteiger partial charge in [-0.2, -0.15) is 8.42 Å². The van der Waals surface area contributed by atoms with Gasteiger partial charge in [-0.25, -0.2) is 0 Å². The van der Waals surface area contributed by atoms with Crippen LogP contribution in [-0.2, 0) is 14.3 Å². The minimum Gasteiger partial charge on any atom is -0.506 e. The normalized spacial score (nSPS) is 27.4. The van der Waals surface area contributed by atoms with E-state index in [1.165, 1.54) is 6.07 Å². The maximum atomic E-state index is 12.8. The van der Waals surface area contributed by atoms with Gasteiger partial charge in [-0.3, -0.25) is 4.18 Å². The molecular formula is C18H20O4S. The van der Waals surface area contributed by atoms with E-state index >= 15 is 0 Å². The van der Waals surface area contributed by atoms with Gasteiger partial charge in [0.05, 0.1) is 5.60 Å². The molecule has 0 spiro atoms. The summed E-state index contributed by atoms with van der Waals surface area (Å²) in [6.07, 6.45) is 5.51. The van der Waals surface area contributed by atoms with Crippen molar-refractivity contribution in [2.45, 2.75) is 49.0 Å². The van der Waals surface area contributed by atoms with Gasteiger partial charge in [0.25, 0.3) is 0 Å². The summed E-state index contributed by atoms with van der Waals surface area (Å²) in [4.78, 5) is -0.127. The third-order valence-electron chi connectivity index (χ3n) is 5.44. The summed E-state index contributed by atoms with van der Waals surface area (Å²) in [5.74, 6) is 0.515. The molecule has 122 valence electrons. The molecule has 0 aliphatic heterocycles. The van der Waals surface area contributed by atoms with Crippen LogP contribution in [0.5, 0.6) is 5.75 Å². The Balaban J connectivity index is 1.73. The smallest absolute Gasteiger partial charge is 0.301 e. The number of hydrogen-bond donors (Lipinski definition) is 1. The van der Waals surface area contributed by atoms with Crippen molar-refractivity contribution in [2.75, 3.05) is 0 Å². The quantitative estimate of drug-likeness (QED) is 0.864. The van der Waals surface area contributed by atoms with Gasteiger partial charge in [-0.05, 0) is 55.9 Å². The van der Waals surface area contributed by atoms with Gasteiger partial charge in [0.1, 0.15) is 10.6 Å². The van der Waals surface area contributed by atoms with E-state index in [2.05, 4.69) is 0 Å². The Morgan fingerprint density at radius 3 is 2.35 bits per heavy atom. The molecule has 0 atom stereocenters. The van der Waals surface area contributed by atoms with Crippen molar-refractivity contribution in [3.63, 3.8) is 0 Å². The third-order valence-corrected chi connectivity index (χ3v) is 6.89. The molecule has 0 radical (unpaired) electrons. The second kappa shape index (κ2) is 5.21. The number of phenols is 1. The van der Waals surface area contributed by atoms with Gasteiger partial charge in [-0.15, -0.1) is 0 Å². The first-order chi connectivity index (χ1) is 11.0. The fourth-order valence-electron chi connectivity index (χ4n) is 4.05. The molecule has 5 heteroatoms. The lowest BCUT2D eigenvalue weighted by Crippen LogP contribution is -2.43. The van der Waals surface area contributed by atoms with Crippen LogP contribution in [0.3, 0.4) is 0 Å². The molecule has 1 N–H and O–H groups in total. The lowest BCUT2D eigenvalue weighted by Gasteiger charge is -2.45. The van der Waals surface area contributed by atoms with Crippen molar-refractivity contribution in [3.8, 4) is 5.75 Å². The number of benzene rings is 2. The predicted octanol–water partition coefficient (Wildman–Crippen LogP) is 3.97. The molecule has 3 aliphatic rings. The summed E-state index contributed by atoms with van der Waals surface area (Å²) >= 11 is 0. The molecule has 3 fully saturated rings.